The third-order valence-corrected chi connectivity index (χ3v) is 5.32. The summed E-state index contributed by atoms with van der Waals surface area (Å²) in [4.78, 5) is 27.0. The van der Waals surface area contributed by atoms with Gasteiger partial charge in [-0.3, -0.25) is 9.59 Å². The van der Waals surface area contributed by atoms with E-state index in [4.69, 9.17) is 10.5 Å². The molecule has 1 aromatic rings. The van der Waals surface area contributed by atoms with Gasteiger partial charge in [0.2, 0.25) is 11.8 Å². The Morgan fingerprint density at radius 1 is 1.50 bits per heavy atom. The molecule has 2 heterocycles. The van der Waals surface area contributed by atoms with E-state index in [1.54, 1.807) is 4.90 Å². The van der Waals surface area contributed by atoms with Crippen molar-refractivity contribution in [3.8, 4) is 0 Å². The summed E-state index contributed by atoms with van der Waals surface area (Å²) in [6.07, 6.45) is -0.225. The molecule has 3 atom stereocenters. The van der Waals surface area contributed by atoms with Gasteiger partial charge in [-0.25, -0.2) is 0 Å². The third-order valence-electron chi connectivity index (χ3n) is 4.35. The van der Waals surface area contributed by atoms with Gasteiger partial charge in [0.15, 0.2) is 0 Å². The topological polar surface area (TPSA) is 105 Å². The van der Waals surface area contributed by atoms with Crippen LogP contribution in [-0.4, -0.2) is 60.2 Å². The second kappa shape index (κ2) is 10.8. The van der Waals surface area contributed by atoms with Crippen LogP contribution in [0.3, 0.4) is 0 Å². The number of nitrogens with zero attached hydrogens (tertiary/aromatic N) is 1. The predicted molar refractivity (Wildman–Crippen MR) is 103 cm³/mol. The molecule has 0 saturated carbocycles. The number of carbonyl (C=O) groups excluding carboxylic acids is 2. The molecule has 9 heteroatoms. The van der Waals surface area contributed by atoms with E-state index in [-0.39, 0.29) is 42.7 Å². The Balaban J connectivity index is 0.00000338. The first kappa shape index (κ1) is 22.9. The normalized spacial score (nSPS) is 19.6. The van der Waals surface area contributed by atoms with Crippen molar-refractivity contribution in [1.29, 1.82) is 0 Å². The van der Waals surface area contributed by atoms with Crippen LogP contribution < -0.4 is 11.1 Å². The molecule has 0 spiro atoms. The third kappa shape index (κ3) is 6.21. The van der Waals surface area contributed by atoms with Gasteiger partial charge in [-0.1, -0.05) is 19.9 Å². The first-order chi connectivity index (χ1) is 11.9. The number of aliphatic hydroxyl groups is 1. The predicted octanol–water partition coefficient (Wildman–Crippen LogP) is 0.920. The highest BCUT2D eigenvalue weighted by Gasteiger charge is 2.30. The van der Waals surface area contributed by atoms with Crippen LogP contribution in [0.1, 0.15) is 31.2 Å². The molecule has 26 heavy (non-hydrogen) atoms. The Morgan fingerprint density at radius 3 is 2.85 bits per heavy atom. The van der Waals surface area contributed by atoms with E-state index in [2.05, 4.69) is 5.32 Å². The van der Waals surface area contributed by atoms with Gasteiger partial charge in [0, 0.05) is 17.8 Å². The smallest absolute Gasteiger partial charge is 0.242 e. The minimum atomic E-state index is -0.633. The van der Waals surface area contributed by atoms with E-state index < -0.39 is 12.1 Å². The Labute approximate surface area is 164 Å². The Hall–Kier alpha value is -1.19. The summed E-state index contributed by atoms with van der Waals surface area (Å²) in [7, 11) is 0. The maximum atomic E-state index is 12.5. The zero-order valence-electron chi connectivity index (χ0n) is 15.1. The molecule has 148 valence electrons. The monoisotopic (exact) mass is 405 g/mol. The van der Waals surface area contributed by atoms with Crippen molar-refractivity contribution >= 4 is 35.6 Å². The maximum Gasteiger partial charge on any atom is 0.242 e. The second-order valence-electron chi connectivity index (χ2n) is 6.57. The number of halogens is 1. The zero-order valence-corrected chi connectivity index (χ0v) is 16.7. The molecular formula is C17H28ClN3O4S. The van der Waals surface area contributed by atoms with E-state index in [0.717, 1.165) is 4.88 Å². The largest absolute Gasteiger partial charge is 0.387 e. The quantitative estimate of drug-likeness (QED) is 0.625. The van der Waals surface area contributed by atoms with Gasteiger partial charge >= 0.3 is 0 Å². The zero-order chi connectivity index (χ0) is 18.4. The summed E-state index contributed by atoms with van der Waals surface area (Å²) in [5.74, 6) is -0.505. The summed E-state index contributed by atoms with van der Waals surface area (Å²) in [5, 5.41) is 14.9. The van der Waals surface area contributed by atoms with Crippen LogP contribution in [0.4, 0.5) is 0 Å². The van der Waals surface area contributed by atoms with Crippen molar-refractivity contribution in [2.24, 2.45) is 11.7 Å². The van der Waals surface area contributed by atoms with Gasteiger partial charge in [-0.05, 0) is 17.4 Å². The molecule has 1 aliphatic rings. The van der Waals surface area contributed by atoms with Crippen LogP contribution in [0.5, 0.6) is 0 Å². The van der Waals surface area contributed by atoms with Gasteiger partial charge in [-0.2, -0.15) is 0 Å². The molecule has 0 aromatic carbocycles. The number of aliphatic hydroxyl groups excluding tert-OH is 1. The van der Waals surface area contributed by atoms with Gasteiger partial charge in [0.25, 0.3) is 0 Å². The molecule has 0 aliphatic carbocycles. The van der Waals surface area contributed by atoms with Crippen molar-refractivity contribution in [3.63, 3.8) is 0 Å². The lowest BCUT2D eigenvalue weighted by molar-refractivity contribution is -0.141. The summed E-state index contributed by atoms with van der Waals surface area (Å²) >= 11 is 1.48. The fourth-order valence-corrected chi connectivity index (χ4v) is 3.44. The molecular weight excluding hydrogens is 378 g/mol. The molecule has 1 saturated heterocycles. The highest BCUT2D eigenvalue weighted by Crippen LogP contribution is 2.25. The molecule has 0 radical (unpaired) electrons. The lowest BCUT2D eigenvalue weighted by Gasteiger charge is -2.36. The summed E-state index contributed by atoms with van der Waals surface area (Å²) in [5.41, 5.74) is 5.78. The van der Waals surface area contributed by atoms with Crippen molar-refractivity contribution in [2.45, 2.75) is 38.5 Å². The molecule has 2 amide bonds. The number of carbonyl (C=O) groups is 2. The van der Waals surface area contributed by atoms with Crippen molar-refractivity contribution in [3.05, 3.63) is 22.4 Å². The van der Waals surface area contributed by atoms with E-state index >= 15 is 0 Å². The number of rotatable bonds is 7. The molecule has 2 rings (SSSR count). The Kier molecular flexibility index (Phi) is 9.52. The number of morpholine rings is 1. The number of nitrogens with one attached hydrogen (secondary N) is 1. The standard InChI is InChI=1S/C17H27N3O4S.ClH/c1-11(2)16(18)17(23)19-9-15(22)20-5-6-24-10-12(20)8-13(21)14-4-3-7-25-14;/h3-4,7,11-13,16,21H,5-6,8-10,18H2,1-2H3,(H,19,23);1H/t12?,13?,16-;/m0./s1. The molecule has 1 aliphatic heterocycles. The van der Waals surface area contributed by atoms with E-state index in [9.17, 15) is 14.7 Å². The second-order valence-corrected chi connectivity index (χ2v) is 7.55. The Morgan fingerprint density at radius 2 is 2.23 bits per heavy atom. The highest BCUT2D eigenvalue weighted by atomic mass is 35.5. The highest BCUT2D eigenvalue weighted by molar-refractivity contribution is 7.10. The van der Waals surface area contributed by atoms with Gasteiger partial charge in [-0.15, -0.1) is 23.7 Å². The average molecular weight is 406 g/mol. The molecule has 1 fully saturated rings. The summed E-state index contributed by atoms with van der Waals surface area (Å²) in [6, 6.07) is 2.92. The summed E-state index contributed by atoms with van der Waals surface area (Å²) < 4.78 is 5.47. The number of amides is 2. The van der Waals surface area contributed by atoms with Crippen molar-refractivity contribution < 1.29 is 19.4 Å². The molecule has 1 aromatic heterocycles. The van der Waals surface area contributed by atoms with Crippen LogP contribution in [0.15, 0.2) is 17.5 Å². The van der Waals surface area contributed by atoms with E-state index in [1.165, 1.54) is 11.3 Å². The lowest BCUT2D eigenvalue weighted by atomic mass is 10.0. The maximum absolute atomic E-state index is 12.5. The molecule has 2 unspecified atom stereocenters. The number of hydrogen-bond acceptors (Lipinski definition) is 6. The van der Waals surface area contributed by atoms with E-state index in [0.29, 0.717) is 26.2 Å². The van der Waals surface area contributed by atoms with Crippen molar-refractivity contribution in [2.75, 3.05) is 26.3 Å². The lowest BCUT2D eigenvalue weighted by Crippen LogP contribution is -2.53. The van der Waals surface area contributed by atoms with Crippen molar-refractivity contribution in [1.82, 2.24) is 10.2 Å². The first-order valence-electron chi connectivity index (χ1n) is 8.52. The SMILES string of the molecule is CC(C)[C@H](N)C(=O)NCC(=O)N1CCOCC1CC(O)c1cccs1.Cl. The average Bonchev–Trinajstić information content (AvgIpc) is 3.13. The van der Waals surface area contributed by atoms with Crippen LogP contribution in [-0.2, 0) is 14.3 Å². The molecule has 7 nitrogen and oxygen atoms in total. The van der Waals surface area contributed by atoms with Crippen LogP contribution >= 0.6 is 23.7 Å². The van der Waals surface area contributed by atoms with Gasteiger partial charge in [0.1, 0.15) is 0 Å². The van der Waals surface area contributed by atoms with Gasteiger partial charge in [0.05, 0.1) is 37.9 Å². The minimum absolute atomic E-state index is 0. The first-order valence-corrected chi connectivity index (χ1v) is 9.40. The summed E-state index contributed by atoms with van der Waals surface area (Å²) in [6.45, 7) is 4.91. The van der Waals surface area contributed by atoms with Crippen LogP contribution in [0.25, 0.3) is 0 Å². The number of nitrogens with two attached hydrogens (primary N) is 1. The van der Waals surface area contributed by atoms with Gasteiger partial charge < -0.3 is 25.8 Å². The minimum Gasteiger partial charge on any atom is -0.387 e. The number of ether oxygens (including phenoxy) is 1. The van der Waals surface area contributed by atoms with Crippen LogP contribution in [0, 0.1) is 5.92 Å². The number of thiophene rings is 1. The fraction of sp³-hybridized carbons (Fsp3) is 0.647. The Bertz CT molecular complexity index is 570. The van der Waals surface area contributed by atoms with Crippen LogP contribution in [0.2, 0.25) is 0 Å². The van der Waals surface area contributed by atoms with E-state index in [1.807, 2.05) is 31.4 Å². The number of hydrogen-bond donors (Lipinski definition) is 3. The molecule has 0 bridgehead atoms. The molecule has 4 N–H and O–H groups in total. The fourth-order valence-electron chi connectivity index (χ4n) is 2.72.